The van der Waals surface area contributed by atoms with Gasteiger partial charge in [0.05, 0.1) is 17.3 Å². The van der Waals surface area contributed by atoms with E-state index in [9.17, 15) is 4.79 Å². The van der Waals surface area contributed by atoms with Gasteiger partial charge in [-0.2, -0.15) is 0 Å². The normalized spacial score (nSPS) is 15.0. The molecule has 3 rings (SSSR count). The maximum Gasteiger partial charge on any atom is 0.253 e. The smallest absolute Gasteiger partial charge is 0.253 e. The number of carbonyl (C=O) groups excluding carboxylic acids is 1. The Labute approximate surface area is 155 Å². The molecule has 4 heteroatoms. The fourth-order valence-electron chi connectivity index (χ4n) is 3.26. The lowest BCUT2D eigenvalue weighted by Crippen LogP contribution is -2.26. The van der Waals surface area contributed by atoms with Crippen LogP contribution >= 0.6 is 0 Å². The molecule has 0 aliphatic heterocycles. The van der Waals surface area contributed by atoms with Crippen molar-refractivity contribution in [3.63, 3.8) is 0 Å². The summed E-state index contributed by atoms with van der Waals surface area (Å²) in [7, 11) is 0. The van der Waals surface area contributed by atoms with Crippen molar-refractivity contribution in [2.24, 2.45) is 0 Å². The van der Waals surface area contributed by atoms with E-state index in [0.717, 1.165) is 24.2 Å². The summed E-state index contributed by atoms with van der Waals surface area (Å²) in [4.78, 5) is 16.7. The predicted octanol–water partition coefficient (Wildman–Crippen LogP) is 4.88. The second kappa shape index (κ2) is 9.18. The number of anilines is 1. The molecule has 2 N–H and O–H groups in total. The molecule has 0 spiro atoms. The monoisotopic (exact) mass is 349 g/mol. The van der Waals surface area contributed by atoms with Crippen LogP contribution in [0.15, 0.2) is 60.4 Å². The third-order valence-corrected chi connectivity index (χ3v) is 4.81. The minimum atomic E-state index is -0.104. The molecule has 0 saturated heterocycles. The van der Waals surface area contributed by atoms with Crippen molar-refractivity contribution in [1.82, 2.24) is 10.3 Å². The largest absolute Gasteiger partial charge is 0.383 e. The third-order valence-electron chi connectivity index (χ3n) is 4.81. The summed E-state index contributed by atoms with van der Waals surface area (Å²) in [5, 5.41) is 6.42. The van der Waals surface area contributed by atoms with Crippen LogP contribution in [0.3, 0.4) is 0 Å². The molecule has 0 saturated carbocycles. The minimum Gasteiger partial charge on any atom is -0.383 e. The summed E-state index contributed by atoms with van der Waals surface area (Å²) in [6.07, 6.45) is 11.9. The number of nitrogens with one attached hydrogen (secondary N) is 2. The highest BCUT2D eigenvalue weighted by Gasteiger charge is 2.12. The lowest BCUT2D eigenvalue weighted by molar-refractivity contribution is 0.0939. The van der Waals surface area contributed by atoms with Gasteiger partial charge in [0.1, 0.15) is 0 Å². The van der Waals surface area contributed by atoms with Gasteiger partial charge in [-0.05, 0) is 50.7 Å². The topological polar surface area (TPSA) is 54.0 Å². The zero-order chi connectivity index (χ0) is 18.2. The van der Waals surface area contributed by atoms with Crippen LogP contribution in [0.4, 0.5) is 5.69 Å². The highest BCUT2D eigenvalue weighted by Crippen LogP contribution is 2.20. The summed E-state index contributed by atoms with van der Waals surface area (Å²) in [5.41, 5.74) is 4.10. The number of allylic oxidation sites excluding steroid dienone is 1. The number of amides is 1. The van der Waals surface area contributed by atoms with E-state index in [-0.39, 0.29) is 11.9 Å². The maximum atomic E-state index is 12.5. The zero-order valence-electron chi connectivity index (χ0n) is 15.4. The number of benzene rings is 1. The highest BCUT2D eigenvalue weighted by molar-refractivity contribution is 5.94. The van der Waals surface area contributed by atoms with Crippen molar-refractivity contribution in [3.8, 4) is 0 Å². The van der Waals surface area contributed by atoms with E-state index < -0.39 is 0 Å². The Bertz CT molecular complexity index is 755. The van der Waals surface area contributed by atoms with Crippen molar-refractivity contribution >= 4 is 11.6 Å². The molecule has 1 unspecified atom stereocenters. The Kier molecular flexibility index (Phi) is 6.42. The van der Waals surface area contributed by atoms with Crippen molar-refractivity contribution in [3.05, 3.63) is 71.6 Å². The Morgan fingerprint density at radius 3 is 2.81 bits per heavy atom. The lowest BCUT2D eigenvalue weighted by Gasteiger charge is -2.15. The van der Waals surface area contributed by atoms with Gasteiger partial charge in [0.15, 0.2) is 0 Å². The second-order valence-electron chi connectivity index (χ2n) is 6.85. The van der Waals surface area contributed by atoms with Crippen molar-refractivity contribution < 1.29 is 4.79 Å². The van der Waals surface area contributed by atoms with Gasteiger partial charge in [0, 0.05) is 18.9 Å². The summed E-state index contributed by atoms with van der Waals surface area (Å²) in [6.45, 7) is 2.86. The van der Waals surface area contributed by atoms with Gasteiger partial charge < -0.3 is 10.6 Å². The van der Waals surface area contributed by atoms with Crippen LogP contribution in [0, 0.1) is 0 Å². The number of pyridine rings is 1. The molecule has 4 nitrogen and oxygen atoms in total. The molecular formula is C22H27N3O. The van der Waals surface area contributed by atoms with Crippen LogP contribution in [-0.2, 0) is 0 Å². The first-order valence-electron chi connectivity index (χ1n) is 9.45. The highest BCUT2D eigenvalue weighted by atomic mass is 16.1. The first-order valence-corrected chi connectivity index (χ1v) is 9.45. The molecule has 136 valence electrons. The number of rotatable bonds is 7. The summed E-state index contributed by atoms with van der Waals surface area (Å²) in [5.74, 6) is -0.104. The average Bonchev–Trinajstić information content (AvgIpc) is 2.69. The number of nitrogens with zero attached hydrogens (tertiary/aromatic N) is 1. The van der Waals surface area contributed by atoms with Crippen LogP contribution in [0.2, 0.25) is 0 Å². The Morgan fingerprint density at radius 1 is 1.19 bits per heavy atom. The van der Waals surface area contributed by atoms with E-state index >= 15 is 0 Å². The predicted molar refractivity (Wildman–Crippen MR) is 106 cm³/mol. The summed E-state index contributed by atoms with van der Waals surface area (Å²) < 4.78 is 0. The van der Waals surface area contributed by atoms with Gasteiger partial charge in [-0.3, -0.25) is 9.78 Å². The van der Waals surface area contributed by atoms with Gasteiger partial charge >= 0.3 is 0 Å². The van der Waals surface area contributed by atoms with Gasteiger partial charge in [-0.1, -0.05) is 42.0 Å². The fourth-order valence-corrected chi connectivity index (χ4v) is 3.26. The molecule has 1 amide bonds. The maximum absolute atomic E-state index is 12.5. The van der Waals surface area contributed by atoms with Crippen molar-refractivity contribution in [1.29, 1.82) is 0 Å². The molecule has 0 bridgehead atoms. The number of carbonyl (C=O) groups is 1. The molecule has 2 aromatic rings. The number of hydrogen-bond acceptors (Lipinski definition) is 3. The number of aromatic nitrogens is 1. The molecule has 1 aromatic heterocycles. The Morgan fingerprint density at radius 2 is 2.04 bits per heavy atom. The first-order chi connectivity index (χ1) is 12.7. The molecule has 1 heterocycles. The molecule has 1 atom stereocenters. The minimum absolute atomic E-state index is 0.0430. The van der Waals surface area contributed by atoms with Gasteiger partial charge in [0.2, 0.25) is 0 Å². The van der Waals surface area contributed by atoms with Gasteiger partial charge in [0.25, 0.3) is 5.91 Å². The molecule has 1 aliphatic rings. The van der Waals surface area contributed by atoms with Crippen LogP contribution in [-0.4, -0.2) is 17.4 Å². The van der Waals surface area contributed by atoms with Gasteiger partial charge in [-0.15, -0.1) is 0 Å². The molecule has 1 aliphatic carbocycles. The lowest BCUT2D eigenvalue weighted by atomic mass is 9.97. The third kappa shape index (κ3) is 5.19. The first kappa shape index (κ1) is 18.2. The zero-order valence-corrected chi connectivity index (χ0v) is 15.4. The quantitative estimate of drug-likeness (QED) is 0.701. The molecule has 26 heavy (non-hydrogen) atoms. The summed E-state index contributed by atoms with van der Waals surface area (Å²) in [6, 6.07) is 11.8. The molecule has 1 aromatic carbocycles. The van der Waals surface area contributed by atoms with Crippen molar-refractivity contribution in [2.45, 2.75) is 45.1 Å². The van der Waals surface area contributed by atoms with Crippen LogP contribution in [0.1, 0.15) is 61.0 Å². The average molecular weight is 349 g/mol. The SMILES string of the molecule is CC(NC(=O)c1cncc(NCCC2=CCCCC2)c1)c1ccccc1. The number of hydrogen-bond donors (Lipinski definition) is 2. The van der Waals surface area contributed by atoms with E-state index in [1.54, 1.807) is 18.0 Å². The van der Waals surface area contributed by atoms with Crippen LogP contribution in [0.5, 0.6) is 0 Å². The fraction of sp³-hybridized carbons (Fsp3) is 0.364. The molecular weight excluding hydrogens is 322 g/mol. The van der Waals surface area contributed by atoms with Crippen molar-refractivity contribution in [2.75, 3.05) is 11.9 Å². The standard InChI is InChI=1S/C22H27N3O/c1-17(19-10-6-3-7-11-19)25-22(26)20-14-21(16-23-15-20)24-13-12-18-8-4-2-5-9-18/h3,6-8,10-11,14-17,24H,2,4-5,9,12-13H2,1H3,(H,25,26). The molecule has 0 radical (unpaired) electrons. The summed E-state index contributed by atoms with van der Waals surface area (Å²) >= 11 is 0. The van der Waals surface area contributed by atoms with E-state index in [4.69, 9.17) is 0 Å². The van der Waals surface area contributed by atoms with Crippen LogP contribution in [0.25, 0.3) is 0 Å². The van der Waals surface area contributed by atoms with E-state index in [1.165, 1.54) is 25.7 Å². The van der Waals surface area contributed by atoms with Crippen LogP contribution < -0.4 is 10.6 Å². The Balaban J connectivity index is 1.54. The molecule has 0 fully saturated rings. The van der Waals surface area contributed by atoms with E-state index in [1.807, 2.05) is 43.3 Å². The van der Waals surface area contributed by atoms with E-state index in [2.05, 4.69) is 21.7 Å². The second-order valence-corrected chi connectivity index (χ2v) is 6.85. The van der Waals surface area contributed by atoms with E-state index in [0.29, 0.717) is 5.56 Å². The Hall–Kier alpha value is -2.62. The van der Waals surface area contributed by atoms with Gasteiger partial charge in [-0.25, -0.2) is 0 Å².